The number of rotatable bonds is 0. The van der Waals surface area contributed by atoms with Gasteiger partial charge in [0.1, 0.15) is 0 Å². The maximum atomic E-state index is 9.72. The third-order valence-corrected chi connectivity index (χ3v) is 2.61. The summed E-state index contributed by atoms with van der Waals surface area (Å²) in [5, 5.41) is 9.72. The van der Waals surface area contributed by atoms with Crippen LogP contribution in [0.5, 0.6) is 0 Å². The second-order valence-corrected chi connectivity index (χ2v) is 4.56. The van der Waals surface area contributed by atoms with Gasteiger partial charge in [-0.2, -0.15) is 0 Å². The molecule has 0 aromatic carbocycles. The van der Waals surface area contributed by atoms with E-state index in [2.05, 4.69) is 27.4 Å². The first-order valence-corrected chi connectivity index (χ1v) is 4.29. The van der Waals surface area contributed by atoms with Crippen LogP contribution in [0.3, 0.4) is 0 Å². The summed E-state index contributed by atoms with van der Waals surface area (Å²) < 4.78 is 0. The summed E-state index contributed by atoms with van der Waals surface area (Å²) in [4.78, 5) is 0. The van der Waals surface area contributed by atoms with Crippen molar-refractivity contribution in [3.63, 3.8) is 0 Å². The van der Waals surface area contributed by atoms with Gasteiger partial charge in [0.15, 0.2) is 0 Å². The molecular weight excluding hydrogens is 136 g/mol. The zero-order chi connectivity index (χ0) is 8.65. The van der Waals surface area contributed by atoms with Crippen molar-refractivity contribution in [3.8, 4) is 0 Å². The lowest BCUT2D eigenvalue weighted by atomic mass is 9.69. The zero-order valence-electron chi connectivity index (χ0n) is 7.72. The van der Waals surface area contributed by atoms with Gasteiger partial charge < -0.3 is 5.11 Å². The summed E-state index contributed by atoms with van der Waals surface area (Å²) in [5.41, 5.74) is 1.04. The number of aliphatic hydroxyl groups is 1. The molecule has 1 fully saturated rings. The Hall–Kier alpha value is -0.300. The highest BCUT2D eigenvalue weighted by Crippen LogP contribution is 2.40. The lowest BCUT2D eigenvalue weighted by Crippen LogP contribution is -2.37. The molecule has 0 spiro atoms. The van der Waals surface area contributed by atoms with E-state index in [9.17, 15) is 5.11 Å². The summed E-state index contributed by atoms with van der Waals surface area (Å²) in [6.45, 7) is 10.3. The van der Waals surface area contributed by atoms with Crippen molar-refractivity contribution in [3.05, 3.63) is 12.2 Å². The van der Waals surface area contributed by atoms with Gasteiger partial charge in [0.2, 0.25) is 0 Å². The molecule has 0 heterocycles. The van der Waals surface area contributed by atoms with Gasteiger partial charge in [0.25, 0.3) is 0 Å². The van der Waals surface area contributed by atoms with Crippen LogP contribution in [0.15, 0.2) is 12.2 Å². The molecule has 1 saturated carbocycles. The molecule has 1 heteroatoms. The maximum Gasteiger partial charge on any atom is 0.0798 e. The van der Waals surface area contributed by atoms with Gasteiger partial charge in [0.05, 0.1) is 6.10 Å². The van der Waals surface area contributed by atoms with Crippen LogP contribution >= 0.6 is 0 Å². The average Bonchev–Trinajstić information content (AvgIpc) is 1.81. The van der Waals surface area contributed by atoms with Crippen molar-refractivity contribution in [2.75, 3.05) is 0 Å². The summed E-state index contributed by atoms with van der Waals surface area (Å²) in [7, 11) is 0. The third kappa shape index (κ3) is 1.64. The van der Waals surface area contributed by atoms with Gasteiger partial charge in [-0.25, -0.2) is 0 Å². The Bertz CT molecular complexity index is 170. The van der Waals surface area contributed by atoms with Gasteiger partial charge in [-0.15, -0.1) is 0 Å². The molecule has 64 valence electrons. The predicted molar refractivity (Wildman–Crippen MR) is 47.3 cm³/mol. The SMILES string of the molecule is C=C1CC(C)CC(C)(C)C1O. The fourth-order valence-electron chi connectivity index (χ4n) is 2.19. The van der Waals surface area contributed by atoms with E-state index < -0.39 is 0 Å². The number of aliphatic hydroxyl groups excluding tert-OH is 1. The molecule has 0 aromatic heterocycles. The van der Waals surface area contributed by atoms with Gasteiger partial charge in [-0.1, -0.05) is 27.4 Å². The van der Waals surface area contributed by atoms with E-state index in [4.69, 9.17) is 0 Å². The van der Waals surface area contributed by atoms with Crippen molar-refractivity contribution in [2.45, 2.75) is 39.7 Å². The molecule has 0 radical (unpaired) electrons. The fourth-order valence-corrected chi connectivity index (χ4v) is 2.19. The van der Waals surface area contributed by atoms with Gasteiger partial charge in [0, 0.05) is 0 Å². The minimum Gasteiger partial charge on any atom is -0.388 e. The highest BCUT2D eigenvalue weighted by molar-refractivity contribution is 5.11. The molecule has 0 saturated heterocycles. The van der Waals surface area contributed by atoms with Crippen molar-refractivity contribution >= 4 is 0 Å². The lowest BCUT2D eigenvalue weighted by molar-refractivity contribution is 0.0374. The molecule has 1 N–H and O–H groups in total. The van der Waals surface area contributed by atoms with Gasteiger partial charge >= 0.3 is 0 Å². The van der Waals surface area contributed by atoms with Crippen molar-refractivity contribution in [1.82, 2.24) is 0 Å². The van der Waals surface area contributed by atoms with Crippen LogP contribution in [-0.4, -0.2) is 11.2 Å². The van der Waals surface area contributed by atoms with Crippen molar-refractivity contribution in [2.24, 2.45) is 11.3 Å². The van der Waals surface area contributed by atoms with Gasteiger partial charge in [-0.3, -0.25) is 0 Å². The first kappa shape index (κ1) is 8.79. The fraction of sp³-hybridized carbons (Fsp3) is 0.800. The lowest BCUT2D eigenvalue weighted by Gasteiger charge is -2.39. The van der Waals surface area contributed by atoms with E-state index in [-0.39, 0.29) is 11.5 Å². The first-order valence-electron chi connectivity index (χ1n) is 4.29. The normalized spacial score (nSPS) is 37.3. The molecule has 1 nitrogen and oxygen atoms in total. The monoisotopic (exact) mass is 154 g/mol. The van der Waals surface area contributed by atoms with Crippen molar-refractivity contribution < 1.29 is 5.11 Å². The van der Waals surface area contributed by atoms with Crippen LogP contribution in [-0.2, 0) is 0 Å². The van der Waals surface area contributed by atoms with Crippen LogP contribution in [0, 0.1) is 11.3 Å². The van der Waals surface area contributed by atoms with Crippen molar-refractivity contribution in [1.29, 1.82) is 0 Å². The highest BCUT2D eigenvalue weighted by atomic mass is 16.3. The van der Waals surface area contributed by atoms with E-state index in [0.29, 0.717) is 5.92 Å². The second kappa shape index (κ2) is 2.63. The summed E-state index contributed by atoms with van der Waals surface area (Å²) in [6, 6.07) is 0. The Morgan fingerprint density at radius 2 is 2.09 bits per heavy atom. The van der Waals surface area contributed by atoms with Gasteiger partial charge in [-0.05, 0) is 29.7 Å². The zero-order valence-corrected chi connectivity index (χ0v) is 7.72. The first-order chi connectivity index (χ1) is 4.93. The van der Waals surface area contributed by atoms with E-state index in [0.717, 1.165) is 18.4 Å². The second-order valence-electron chi connectivity index (χ2n) is 4.56. The molecule has 11 heavy (non-hydrogen) atoms. The van der Waals surface area contributed by atoms with E-state index in [1.54, 1.807) is 0 Å². The standard InChI is InChI=1S/C10H18O/c1-7-5-8(2)9(11)10(3,4)6-7/h7,9,11H,2,5-6H2,1,3-4H3. The van der Waals surface area contributed by atoms with Crippen LogP contribution in [0.25, 0.3) is 0 Å². The predicted octanol–water partition coefficient (Wildman–Crippen LogP) is 2.36. The van der Waals surface area contributed by atoms with Crippen LogP contribution < -0.4 is 0 Å². The summed E-state index contributed by atoms with van der Waals surface area (Å²) in [6.07, 6.45) is 1.80. The molecule has 2 atom stereocenters. The largest absolute Gasteiger partial charge is 0.388 e. The molecule has 2 unspecified atom stereocenters. The highest BCUT2D eigenvalue weighted by Gasteiger charge is 2.35. The third-order valence-electron chi connectivity index (χ3n) is 2.61. The quantitative estimate of drug-likeness (QED) is 0.531. The number of hydrogen-bond acceptors (Lipinski definition) is 1. The number of hydrogen-bond donors (Lipinski definition) is 1. The maximum absolute atomic E-state index is 9.72. The molecule has 0 amide bonds. The molecular formula is C10H18O. The Kier molecular flexibility index (Phi) is 2.10. The van der Waals surface area contributed by atoms with E-state index in [1.807, 2.05) is 0 Å². The Morgan fingerprint density at radius 1 is 1.55 bits per heavy atom. The van der Waals surface area contributed by atoms with Crippen LogP contribution in [0.4, 0.5) is 0 Å². The summed E-state index contributed by atoms with van der Waals surface area (Å²) >= 11 is 0. The van der Waals surface area contributed by atoms with Crippen LogP contribution in [0.1, 0.15) is 33.6 Å². The Balaban J connectivity index is 2.75. The topological polar surface area (TPSA) is 20.2 Å². The molecule has 0 aliphatic heterocycles. The average molecular weight is 154 g/mol. The minimum absolute atomic E-state index is 0.0365. The molecule has 1 aliphatic carbocycles. The Labute approximate surface area is 69.1 Å². The van der Waals surface area contributed by atoms with E-state index >= 15 is 0 Å². The minimum atomic E-state index is -0.293. The molecule has 0 aromatic rings. The van der Waals surface area contributed by atoms with Crippen LogP contribution in [0.2, 0.25) is 0 Å². The smallest absolute Gasteiger partial charge is 0.0798 e. The molecule has 1 aliphatic rings. The van der Waals surface area contributed by atoms with E-state index in [1.165, 1.54) is 0 Å². The molecule has 1 rings (SSSR count). The summed E-state index contributed by atoms with van der Waals surface area (Å²) in [5.74, 6) is 0.681. The Morgan fingerprint density at radius 3 is 2.55 bits per heavy atom. The molecule has 0 bridgehead atoms.